The van der Waals surface area contributed by atoms with Crippen molar-refractivity contribution in [1.29, 1.82) is 0 Å². The molecule has 0 aromatic heterocycles. The molecule has 0 spiro atoms. The van der Waals surface area contributed by atoms with E-state index in [2.05, 4.69) is 0 Å². The van der Waals surface area contributed by atoms with E-state index >= 15 is 0 Å². The van der Waals surface area contributed by atoms with Crippen molar-refractivity contribution in [3.63, 3.8) is 0 Å². The van der Waals surface area contributed by atoms with Gasteiger partial charge in [-0.3, -0.25) is 0 Å². The summed E-state index contributed by atoms with van der Waals surface area (Å²) in [5.41, 5.74) is 0. The van der Waals surface area contributed by atoms with Crippen LogP contribution in [-0.2, 0) is 9.47 Å². The summed E-state index contributed by atoms with van der Waals surface area (Å²) < 4.78 is 48.2. The third-order valence-electron chi connectivity index (χ3n) is 3.47. The lowest BCUT2D eigenvalue weighted by molar-refractivity contribution is -0.223. The molecule has 2 aliphatic rings. The van der Waals surface area contributed by atoms with Crippen LogP contribution in [0.2, 0.25) is 0 Å². The highest BCUT2D eigenvalue weighted by Gasteiger charge is 2.43. The second-order valence-corrected chi connectivity index (χ2v) is 4.62. The Labute approximate surface area is 93.1 Å². The van der Waals surface area contributed by atoms with Crippen LogP contribution in [0.25, 0.3) is 0 Å². The molecule has 0 N–H and O–H groups in total. The Morgan fingerprint density at radius 3 is 1.94 bits per heavy atom. The number of hydrogen-bond acceptors (Lipinski definition) is 2. The van der Waals surface area contributed by atoms with Crippen LogP contribution in [0.1, 0.15) is 32.1 Å². The molecule has 2 rings (SSSR count). The van der Waals surface area contributed by atoms with Crippen LogP contribution in [0.15, 0.2) is 0 Å². The summed E-state index contributed by atoms with van der Waals surface area (Å²) >= 11 is 0. The molecule has 1 saturated carbocycles. The van der Waals surface area contributed by atoms with Gasteiger partial charge in [0.2, 0.25) is 0 Å². The van der Waals surface area contributed by atoms with E-state index in [4.69, 9.17) is 9.47 Å². The van der Waals surface area contributed by atoms with E-state index < -0.39 is 12.1 Å². The van der Waals surface area contributed by atoms with Crippen molar-refractivity contribution in [3.05, 3.63) is 0 Å². The highest BCUT2D eigenvalue weighted by Crippen LogP contribution is 2.41. The van der Waals surface area contributed by atoms with E-state index in [-0.39, 0.29) is 25.0 Å². The number of ether oxygens (including phenoxy) is 2. The average molecular weight is 238 g/mol. The predicted octanol–water partition coefficient (Wildman–Crippen LogP) is 3.12. The molecule has 1 aliphatic heterocycles. The summed E-state index contributed by atoms with van der Waals surface area (Å²) in [5.74, 6) is -0.966. The van der Waals surface area contributed by atoms with Crippen molar-refractivity contribution in [2.24, 2.45) is 11.8 Å². The van der Waals surface area contributed by atoms with Crippen molar-refractivity contribution in [1.82, 2.24) is 0 Å². The van der Waals surface area contributed by atoms with Gasteiger partial charge < -0.3 is 9.47 Å². The van der Waals surface area contributed by atoms with Crippen molar-refractivity contribution >= 4 is 0 Å². The molecular weight excluding hydrogens is 221 g/mol. The maximum absolute atomic E-state index is 12.4. The maximum atomic E-state index is 12.4. The van der Waals surface area contributed by atoms with Crippen LogP contribution in [0.5, 0.6) is 0 Å². The van der Waals surface area contributed by atoms with Gasteiger partial charge >= 0.3 is 6.18 Å². The largest absolute Gasteiger partial charge is 0.391 e. The molecule has 0 radical (unpaired) electrons. The molecule has 0 amide bonds. The van der Waals surface area contributed by atoms with Crippen molar-refractivity contribution in [2.75, 3.05) is 13.2 Å². The first-order valence-electron chi connectivity index (χ1n) is 5.87. The van der Waals surface area contributed by atoms with E-state index in [0.29, 0.717) is 26.1 Å². The minimum atomic E-state index is -4.03. The summed E-state index contributed by atoms with van der Waals surface area (Å²) in [6.07, 6.45) is -1.84. The topological polar surface area (TPSA) is 18.5 Å². The Morgan fingerprint density at radius 1 is 0.875 bits per heavy atom. The van der Waals surface area contributed by atoms with Gasteiger partial charge in [0.25, 0.3) is 0 Å². The Balaban J connectivity index is 1.80. The van der Waals surface area contributed by atoms with E-state index in [1.54, 1.807) is 0 Å². The van der Waals surface area contributed by atoms with Gasteiger partial charge in [-0.1, -0.05) is 0 Å². The number of halogens is 3. The molecule has 1 aliphatic carbocycles. The Hall–Kier alpha value is -0.290. The fourth-order valence-corrected chi connectivity index (χ4v) is 2.50. The number of hydrogen-bond donors (Lipinski definition) is 0. The lowest BCUT2D eigenvalue weighted by Crippen LogP contribution is -2.36. The highest BCUT2D eigenvalue weighted by atomic mass is 19.4. The average Bonchev–Trinajstić information content (AvgIpc) is 2.29. The zero-order valence-electron chi connectivity index (χ0n) is 9.13. The smallest absolute Gasteiger partial charge is 0.352 e. The summed E-state index contributed by atoms with van der Waals surface area (Å²) in [4.78, 5) is 0. The SMILES string of the molecule is FC(F)(F)C1CCC(C2OCCCO2)CC1. The molecule has 0 aromatic rings. The standard InChI is InChI=1S/C11H17F3O2/c12-11(13,14)9-4-2-8(3-5-9)10-15-6-1-7-16-10/h8-10H,1-7H2. The minimum absolute atomic E-state index is 0.152. The molecule has 94 valence electrons. The molecular formula is C11H17F3O2. The monoisotopic (exact) mass is 238 g/mol. The van der Waals surface area contributed by atoms with Gasteiger partial charge in [0.1, 0.15) is 0 Å². The number of alkyl halides is 3. The van der Waals surface area contributed by atoms with Crippen LogP contribution in [0, 0.1) is 11.8 Å². The van der Waals surface area contributed by atoms with Crippen LogP contribution < -0.4 is 0 Å². The van der Waals surface area contributed by atoms with Crippen LogP contribution in [0.4, 0.5) is 13.2 Å². The summed E-state index contributed by atoms with van der Waals surface area (Å²) in [6, 6.07) is 0. The van der Waals surface area contributed by atoms with Gasteiger partial charge in [-0.05, 0) is 32.1 Å². The lowest BCUT2D eigenvalue weighted by atomic mass is 9.81. The second kappa shape index (κ2) is 4.92. The minimum Gasteiger partial charge on any atom is -0.352 e. The molecule has 0 bridgehead atoms. The Morgan fingerprint density at radius 2 is 1.44 bits per heavy atom. The second-order valence-electron chi connectivity index (χ2n) is 4.62. The van der Waals surface area contributed by atoms with Crippen molar-refractivity contribution < 1.29 is 22.6 Å². The fraction of sp³-hybridized carbons (Fsp3) is 1.00. The molecule has 0 aromatic carbocycles. The molecule has 16 heavy (non-hydrogen) atoms. The Kier molecular flexibility index (Phi) is 3.74. The third kappa shape index (κ3) is 2.88. The summed E-state index contributed by atoms with van der Waals surface area (Å²) in [6.45, 7) is 1.34. The van der Waals surface area contributed by atoms with E-state index in [1.165, 1.54) is 0 Å². The van der Waals surface area contributed by atoms with E-state index in [1.807, 2.05) is 0 Å². The Bertz CT molecular complexity index is 216. The zero-order valence-corrected chi connectivity index (χ0v) is 9.13. The van der Waals surface area contributed by atoms with Gasteiger partial charge in [0, 0.05) is 5.92 Å². The first-order chi connectivity index (χ1) is 7.57. The van der Waals surface area contributed by atoms with E-state index in [9.17, 15) is 13.2 Å². The highest BCUT2D eigenvalue weighted by molar-refractivity contribution is 4.79. The molecule has 0 unspecified atom stereocenters. The summed E-state index contributed by atoms with van der Waals surface area (Å²) in [7, 11) is 0. The van der Waals surface area contributed by atoms with Crippen LogP contribution in [-0.4, -0.2) is 25.7 Å². The molecule has 5 heteroatoms. The van der Waals surface area contributed by atoms with Gasteiger partial charge in [-0.15, -0.1) is 0 Å². The molecule has 2 fully saturated rings. The zero-order chi connectivity index (χ0) is 11.6. The first-order valence-corrected chi connectivity index (χ1v) is 5.87. The van der Waals surface area contributed by atoms with Crippen molar-refractivity contribution in [3.8, 4) is 0 Å². The predicted molar refractivity (Wildman–Crippen MR) is 51.8 cm³/mol. The fourth-order valence-electron chi connectivity index (χ4n) is 2.50. The number of rotatable bonds is 1. The van der Waals surface area contributed by atoms with Crippen LogP contribution in [0.3, 0.4) is 0 Å². The molecule has 1 heterocycles. The maximum Gasteiger partial charge on any atom is 0.391 e. The van der Waals surface area contributed by atoms with Crippen LogP contribution >= 0.6 is 0 Å². The molecule has 1 saturated heterocycles. The molecule has 2 nitrogen and oxygen atoms in total. The van der Waals surface area contributed by atoms with Gasteiger partial charge in [-0.2, -0.15) is 13.2 Å². The van der Waals surface area contributed by atoms with Gasteiger partial charge in [0.05, 0.1) is 19.1 Å². The lowest BCUT2D eigenvalue weighted by Gasteiger charge is -2.35. The van der Waals surface area contributed by atoms with Crippen molar-refractivity contribution in [2.45, 2.75) is 44.6 Å². The normalized spacial score (nSPS) is 33.9. The van der Waals surface area contributed by atoms with Gasteiger partial charge in [-0.25, -0.2) is 0 Å². The molecule has 0 atom stereocenters. The first kappa shape index (κ1) is 12.2. The summed E-state index contributed by atoms with van der Waals surface area (Å²) in [5, 5.41) is 0. The quantitative estimate of drug-likeness (QED) is 0.698. The van der Waals surface area contributed by atoms with Gasteiger partial charge in [0.15, 0.2) is 6.29 Å². The van der Waals surface area contributed by atoms with E-state index in [0.717, 1.165) is 6.42 Å². The third-order valence-corrected chi connectivity index (χ3v) is 3.47.